The van der Waals surface area contributed by atoms with Gasteiger partial charge in [0.15, 0.2) is 0 Å². The zero-order valence-corrected chi connectivity index (χ0v) is 6.20. The van der Waals surface area contributed by atoms with Crippen LogP contribution in [0.1, 0.15) is 13.8 Å². The summed E-state index contributed by atoms with van der Waals surface area (Å²) in [5, 5.41) is 18.9. The van der Waals surface area contributed by atoms with Crippen LogP contribution in [0, 0.1) is 0 Å². The van der Waals surface area contributed by atoms with E-state index in [9.17, 15) is 0 Å². The topological polar surface area (TPSA) is 69.3 Å². The number of hydrogen-bond donors (Lipinski definition) is 2. The molecule has 0 unspecified atom stereocenters. The molecule has 0 bridgehead atoms. The normalized spacial score (nSPS) is 9.90. The van der Waals surface area contributed by atoms with Gasteiger partial charge in [-0.25, -0.2) is 0 Å². The molecule has 0 aromatic heterocycles. The fourth-order valence-electron chi connectivity index (χ4n) is 0.249. The smallest absolute Gasteiger partial charge is 0.0852 e. The molecule has 5 nitrogen and oxygen atoms in total. The predicted molar refractivity (Wildman–Crippen MR) is 38.7 cm³/mol. The van der Waals surface area contributed by atoms with Crippen molar-refractivity contribution in [2.45, 2.75) is 13.8 Å². The maximum absolute atomic E-state index is 8.26. The van der Waals surface area contributed by atoms with Gasteiger partial charge in [-0.1, -0.05) is 5.22 Å². The van der Waals surface area contributed by atoms with Crippen LogP contribution in [0.25, 0.3) is 0 Å². The van der Waals surface area contributed by atoms with E-state index in [0.717, 1.165) is 5.71 Å². The van der Waals surface area contributed by atoms with Gasteiger partial charge in [0.05, 0.1) is 13.2 Å². The summed E-state index contributed by atoms with van der Waals surface area (Å²) in [7, 11) is 0. The Morgan fingerprint density at radius 3 is 2.70 bits per heavy atom. The highest BCUT2D eigenvalue weighted by Crippen LogP contribution is 1.72. The molecule has 2 N–H and O–H groups in total. The summed E-state index contributed by atoms with van der Waals surface area (Å²) in [5.41, 5.74) is 3.23. The number of nitrogens with one attached hydrogen (secondary N) is 1. The molecule has 0 atom stereocenters. The van der Waals surface area contributed by atoms with Crippen molar-refractivity contribution in [2.24, 2.45) is 15.4 Å². The standard InChI is InChI=1S/C5H12N4O/c1-5(2)7-9-8-6-3-4-10/h10H,3-4H2,1-2H3,(H,6,9). The molecule has 0 aromatic carbocycles. The highest BCUT2D eigenvalue weighted by molar-refractivity contribution is 5.78. The van der Waals surface area contributed by atoms with E-state index in [0.29, 0.717) is 6.54 Å². The number of rotatable bonds is 4. The van der Waals surface area contributed by atoms with Crippen LogP contribution in [0.5, 0.6) is 0 Å². The fourth-order valence-corrected chi connectivity index (χ4v) is 0.249. The van der Waals surface area contributed by atoms with Crippen molar-refractivity contribution in [3.8, 4) is 0 Å². The van der Waals surface area contributed by atoms with Gasteiger partial charge in [0.2, 0.25) is 0 Å². The first-order valence-corrected chi connectivity index (χ1v) is 3.00. The average molecular weight is 144 g/mol. The summed E-state index contributed by atoms with van der Waals surface area (Å²) >= 11 is 0. The third kappa shape index (κ3) is 7.03. The zero-order valence-electron chi connectivity index (χ0n) is 6.20. The monoisotopic (exact) mass is 144 g/mol. The molecule has 0 aliphatic carbocycles. The Labute approximate surface area is 59.8 Å². The molecule has 0 fully saturated rings. The van der Waals surface area contributed by atoms with Crippen molar-refractivity contribution in [3.63, 3.8) is 0 Å². The molecule has 0 aromatic rings. The fraction of sp³-hybridized carbons (Fsp3) is 0.800. The lowest BCUT2D eigenvalue weighted by Gasteiger charge is -1.88. The number of aliphatic hydroxyl groups excluding tert-OH is 1. The highest BCUT2D eigenvalue weighted by atomic mass is 16.3. The molecule has 0 saturated carbocycles. The molecule has 0 amide bonds. The van der Waals surface area contributed by atoms with Crippen molar-refractivity contribution < 1.29 is 5.11 Å². The van der Waals surface area contributed by atoms with Crippen molar-refractivity contribution in [1.29, 1.82) is 0 Å². The first kappa shape index (κ1) is 9.03. The molecule has 5 heteroatoms. The van der Waals surface area contributed by atoms with E-state index in [1.165, 1.54) is 0 Å². The van der Waals surface area contributed by atoms with Crippen LogP contribution < -0.4 is 5.53 Å². The summed E-state index contributed by atoms with van der Waals surface area (Å²) in [5.74, 6) is 0. The van der Waals surface area contributed by atoms with Gasteiger partial charge in [-0.2, -0.15) is 15.8 Å². The number of hydrogen-bond acceptors (Lipinski definition) is 4. The Morgan fingerprint density at radius 1 is 1.50 bits per heavy atom. The molecule has 0 spiro atoms. The molecule has 0 aliphatic heterocycles. The number of nitrogens with zero attached hydrogens (tertiary/aromatic N) is 3. The maximum Gasteiger partial charge on any atom is 0.0852 e. The SMILES string of the molecule is CC(C)=NNN=NCCO. The molecular weight excluding hydrogens is 132 g/mol. The van der Waals surface area contributed by atoms with Gasteiger partial charge in [0, 0.05) is 5.71 Å². The second-order valence-electron chi connectivity index (χ2n) is 1.85. The van der Waals surface area contributed by atoms with Gasteiger partial charge in [0.25, 0.3) is 0 Å². The van der Waals surface area contributed by atoms with Crippen LogP contribution >= 0.6 is 0 Å². The first-order valence-electron chi connectivity index (χ1n) is 3.00. The third-order valence-electron chi connectivity index (χ3n) is 0.589. The molecular formula is C5H12N4O. The van der Waals surface area contributed by atoms with Gasteiger partial charge in [-0.15, -0.1) is 0 Å². The summed E-state index contributed by atoms with van der Waals surface area (Å²) in [6.07, 6.45) is 0. The van der Waals surface area contributed by atoms with Crippen molar-refractivity contribution in [1.82, 2.24) is 5.53 Å². The Morgan fingerprint density at radius 2 is 2.20 bits per heavy atom. The second-order valence-corrected chi connectivity index (χ2v) is 1.85. The Hall–Kier alpha value is -0.970. The van der Waals surface area contributed by atoms with Crippen LogP contribution in [-0.2, 0) is 0 Å². The van der Waals surface area contributed by atoms with Crippen LogP contribution in [0.2, 0.25) is 0 Å². The van der Waals surface area contributed by atoms with Crippen LogP contribution in [0.15, 0.2) is 15.4 Å². The first-order chi connectivity index (χ1) is 4.77. The molecule has 10 heavy (non-hydrogen) atoms. The van der Waals surface area contributed by atoms with Crippen LogP contribution in [-0.4, -0.2) is 24.0 Å². The van der Waals surface area contributed by atoms with Crippen LogP contribution in [0.4, 0.5) is 0 Å². The molecule has 0 rings (SSSR count). The lowest BCUT2D eigenvalue weighted by molar-refractivity contribution is 0.303. The van der Waals surface area contributed by atoms with E-state index in [4.69, 9.17) is 5.11 Å². The number of aliphatic hydroxyl groups is 1. The Bertz CT molecular complexity index is 128. The van der Waals surface area contributed by atoms with Crippen molar-refractivity contribution >= 4 is 5.71 Å². The minimum atomic E-state index is 0.0139. The summed E-state index contributed by atoms with van der Waals surface area (Å²) in [6, 6.07) is 0. The minimum Gasteiger partial charge on any atom is -0.394 e. The molecule has 0 saturated heterocycles. The average Bonchev–Trinajstić information content (AvgIpc) is 1.87. The van der Waals surface area contributed by atoms with Gasteiger partial charge in [0.1, 0.15) is 0 Å². The lowest BCUT2D eigenvalue weighted by atomic mass is 10.5. The molecule has 0 radical (unpaired) electrons. The summed E-state index contributed by atoms with van der Waals surface area (Å²) in [4.78, 5) is 0. The summed E-state index contributed by atoms with van der Waals surface area (Å²) < 4.78 is 0. The summed E-state index contributed by atoms with van der Waals surface area (Å²) in [6.45, 7) is 4.01. The van der Waals surface area contributed by atoms with E-state index in [1.807, 2.05) is 13.8 Å². The Balaban J connectivity index is 3.27. The molecule has 0 aliphatic rings. The van der Waals surface area contributed by atoms with Gasteiger partial charge in [-0.3, -0.25) is 0 Å². The van der Waals surface area contributed by atoms with Gasteiger partial charge >= 0.3 is 0 Å². The maximum atomic E-state index is 8.26. The highest BCUT2D eigenvalue weighted by Gasteiger charge is 1.74. The lowest BCUT2D eigenvalue weighted by Crippen LogP contribution is -1.97. The molecule has 0 heterocycles. The largest absolute Gasteiger partial charge is 0.394 e. The quantitative estimate of drug-likeness (QED) is 0.339. The van der Waals surface area contributed by atoms with E-state index in [1.54, 1.807) is 0 Å². The van der Waals surface area contributed by atoms with Gasteiger partial charge in [-0.05, 0) is 13.8 Å². The van der Waals surface area contributed by atoms with Gasteiger partial charge < -0.3 is 5.11 Å². The van der Waals surface area contributed by atoms with E-state index in [-0.39, 0.29) is 6.61 Å². The molecule has 58 valence electrons. The third-order valence-corrected chi connectivity index (χ3v) is 0.589. The second kappa shape index (κ2) is 6.15. The van der Waals surface area contributed by atoms with E-state index in [2.05, 4.69) is 21.0 Å². The van der Waals surface area contributed by atoms with E-state index < -0.39 is 0 Å². The van der Waals surface area contributed by atoms with Crippen LogP contribution in [0.3, 0.4) is 0 Å². The Kier molecular flexibility index (Phi) is 5.56. The van der Waals surface area contributed by atoms with Crippen molar-refractivity contribution in [2.75, 3.05) is 13.2 Å². The van der Waals surface area contributed by atoms with E-state index >= 15 is 0 Å². The van der Waals surface area contributed by atoms with Crippen molar-refractivity contribution in [3.05, 3.63) is 0 Å². The minimum absolute atomic E-state index is 0.0139. The zero-order chi connectivity index (χ0) is 7.82. The predicted octanol–water partition coefficient (Wildman–Crippen LogP) is 0.331. The number of hydrazone groups is 1.